The van der Waals surface area contributed by atoms with Gasteiger partial charge >= 0.3 is 0 Å². The normalized spacial score (nSPS) is 12.3. The maximum atomic E-state index is 13.4. The minimum atomic E-state index is -0.304. The van der Waals surface area contributed by atoms with Crippen LogP contribution in [0.3, 0.4) is 0 Å². The van der Waals surface area contributed by atoms with Crippen LogP contribution < -0.4 is 5.73 Å². The third kappa shape index (κ3) is 2.53. The van der Waals surface area contributed by atoms with Crippen LogP contribution in [0.4, 0.5) is 4.39 Å². The molecule has 0 aliphatic carbocycles. The number of carbonyl (C=O) groups excluding carboxylic acids is 1. The zero-order valence-electron chi connectivity index (χ0n) is 8.90. The lowest BCUT2D eigenvalue weighted by Gasteiger charge is -2.25. The summed E-state index contributed by atoms with van der Waals surface area (Å²) in [5.41, 5.74) is 5.74. The van der Waals surface area contributed by atoms with Crippen LogP contribution in [-0.2, 0) is 4.79 Å². The van der Waals surface area contributed by atoms with Crippen molar-refractivity contribution in [1.82, 2.24) is 4.90 Å². The van der Waals surface area contributed by atoms with Crippen molar-refractivity contribution in [3.63, 3.8) is 0 Å². The van der Waals surface area contributed by atoms with Crippen LogP contribution in [0.5, 0.6) is 0 Å². The first kappa shape index (κ1) is 11.7. The van der Waals surface area contributed by atoms with E-state index in [4.69, 9.17) is 5.73 Å². The van der Waals surface area contributed by atoms with Crippen molar-refractivity contribution in [3.8, 4) is 0 Å². The Labute approximate surface area is 88.7 Å². The number of amides is 1. The molecule has 1 aromatic carbocycles. The number of benzene rings is 1. The van der Waals surface area contributed by atoms with Crippen LogP contribution in [0, 0.1) is 5.82 Å². The molecule has 1 unspecified atom stereocenters. The first-order valence-corrected chi connectivity index (χ1v) is 4.78. The molecule has 15 heavy (non-hydrogen) atoms. The van der Waals surface area contributed by atoms with Crippen molar-refractivity contribution in [2.45, 2.75) is 13.0 Å². The third-order valence-corrected chi connectivity index (χ3v) is 2.50. The zero-order valence-corrected chi connectivity index (χ0v) is 8.90. The van der Waals surface area contributed by atoms with Crippen LogP contribution in [0.15, 0.2) is 24.3 Å². The van der Waals surface area contributed by atoms with Gasteiger partial charge in [0.15, 0.2) is 0 Å². The lowest BCUT2D eigenvalue weighted by atomic mass is 10.1. The monoisotopic (exact) mass is 210 g/mol. The lowest BCUT2D eigenvalue weighted by molar-refractivity contribution is -0.130. The molecule has 3 nitrogen and oxygen atoms in total. The highest BCUT2D eigenvalue weighted by molar-refractivity contribution is 5.78. The molecule has 1 aromatic rings. The average molecular weight is 210 g/mol. The fourth-order valence-corrected chi connectivity index (χ4v) is 1.38. The first-order valence-electron chi connectivity index (χ1n) is 4.78. The number of likely N-dealkylation sites (N-methyl/N-ethyl adjacent to an activating group) is 1. The number of halogens is 1. The number of carbonyl (C=O) groups is 1. The van der Waals surface area contributed by atoms with Gasteiger partial charge in [-0.1, -0.05) is 18.2 Å². The predicted octanol–water partition coefficient (Wildman–Crippen LogP) is 1.30. The van der Waals surface area contributed by atoms with E-state index in [-0.39, 0.29) is 24.3 Å². The molecule has 0 aliphatic rings. The second-order valence-electron chi connectivity index (χ2n) is 3.41. The molecule has 0 saturated heterocycles. The van der Waals surface area contributed by atoms with Crippen molar-refractivity contribution < 1.29 is 9.18 Å². The van der Waals surface area contributed by atoms with E-state index in [0.29, 0.717) is 5.56 Å². The summed E-state index contributed by atoms with van der Waals surface area (Å²) < 4.78 is 13.4. The van der Waals surface area contributed by atoms with E-state index in [2.05, 4.69) is 0 Å². The Morgan fingerprint density at radius 1 is 1.53 bits per heavy atom. The molecule has 0 bridgehead atoms. The van der Waals surface area contributed by atoms with Crippen molar-refractivity contribution in [1.29, 1.82) is 0 Å². The summed E-state index contributed by atoms with van der Waals surface area (Å²) in [5, 5.41) is 0. The number of rotatable bonds is 3. The molecule has 0 fully saturated rings. The smallest absolute Gasteiger partial charge is 0.236 e. The highest BCUT2D eigenvalue weighted by Crippen LogP contribution is 2.21. The highest BCUT2D eigenvalue weighted by Gasteiger charge is 2.18. The van der Waals surface area contributed by atoms with Crippen molar-refractivity contribution in [2.75, 3.05) is 13.6 Å². The third-order valence-electron chi connectivity index (χ3n) is 2.50. The highest BCUT2D eigenvalue weighted by atomic mass is 19.1. The van der Waals surface area contributed by atoms with Gasteiger partial charge in [-0.3, -0.25) is 4.79 Å². The summed E-state index contributed by atoms with van der Waals surface area (Å²) >= 11 is 0. The van der Waals surface area contributed by atoms with Crippen LogP contribution in [-0.4, -0.2) is 24.4 Å². The fraction of sp³-hybridized carbons (Fsp3) is 0.364. The molecular weight excluding hydrogens is 195 g/mol. The van der Waals surface area contributed by atoms with E-state index in [1.165, 1.54) is 11.0 Å². The summed E-state index contributed by atoms with van der Waals surface area (Å²) in [5.74, 6) is -0.507. The van der Waals surface area contributed by atoms with E-state index >= 15 is 0 Å². The van der Waals surface area contributed by atoms with Gasteiger partial charge in [0.05, 0.1) is 12.6 Å². The Kier molecular flexibility index (Phi) is 3.80. The van der Waals surface area contributed by atoms with E-state index in [1.54, 1.807) is 32.2 Å². The SMILES string of the molecule is CC(c1ccccc1F)N(C)C(=O)CN. The molecule has 0 heterocycles. The van der Waals surface area contributed by atoms with E-state index in [1.807, 2.05) is 0 Å². The molecule has 2 N–H and O–H groups in total. The maximum absolute atomic E-state index is 13.4. The van der Waals surface area contributed by atoms with Gasteiger partial charge in [0, 0.05) is 12.6 Å². The molecule has 0 spiro atoms. The second kappa shape index (κ2) is 4.89. The van der Waals surface area contributed by atoms with Crippen molar-refractivity contribution >= 4 is 5.91 Å². The number of nitrogens with two attached hydrogens (primary N) is 1. The summed E-state index contributed by atoms with van der Waals surface area (Å²) in [6.07, 6.45) is 0. The largest absolute Gasteiger partial charge is 0.338 e. The summed E-state index contributed by atoms with van der Waals surface area (Å²) in [6, 6.07) is 6.11. The topological polar surface area (TPSA) is 46.3 Å². The van der Waals surface area contributed by atoms with Crippen LogP contribution in [0.1, 0.15) is 18.5 Å². The van der Waals surface area contributed by atoms with Gasteiger partial charge in [-0.25, -0.2) is 4.39 Å². The molecule has 1 atom stereocenters. The minimum absolute atomic E-state index is 0.0602. The van der Waals surface area contributed by atoms with Gasteiger partial charge in [-0.2, -0.15) is 0 Å². The van der Waals surface area contributed by atoms with Gasteiger partial charge in [0.25, 0.3) is 0 Å². The minimum Gasteiger partial charge on any atom is -0.338 e. The van der Waals surface area contributed by atoms with Gasteiger partial charge in [-0.15, -0.1) is 0 Å². The molecule has 0 aromatic heterocycles. The lowest BCUT2D eigenvalue weighted by Crippen LogP contribution is -2.34. The number of hydrogen-bond acceptors (Lipinski definition) is 2. The fourth-order valence-electron chi connectivity index (χ4n) is 1.38. The average Bonchev–Trinajstić information content (AvgIpc) is 2.26. The molecule has 1 amide bonds. The first-order chi connectivity index (χ1) is 7.07. The molecule has 1 rings (SSSR count). The van der Waals surface area contributed by atoms with Crippen molar-refractivity contribution in [2.24, 2.45) is 5.73 Å². The van der Waals surface area contributed by atoms with Crippen LogP contribution in [0.2, 0.25) is 0 Å². The zero-order chi connectivity index (χ0) is 11.4. The Balaban J connectivity index is 2.89. The van der Waals surface area contributed by atoms with Crippen LogP contribution >= 0.6 is 0 Å². The van der Waals surface area contributed by atoms with Gasteiger partial charge in [0.2, 0.25) is 5.91 Å². The van der Waals surface area contributed by atoms with E-state index in [9.17, 15) is 9.18 Å². The Morgan fingerprint density at radius 2 is 2.13 bits per heavy atom. The Hall–Kier alpha value is -1.42. The summed E-state index contributed by atoms with van der Waals surface area (Å²) in [4.78, 5) is 12.8. The number of nitrogens with zero attached hydrogens (tertiary/aromatic N) is 1. The van der Waals surface area contributed by atoms with Crippen LogP contribution in [0.25, 0.3) is 0 Å². The van der Waals surface area contributed by atoms with E-state index < -0.39 is 0 Å². The Bertz CT molecular complexity index is 354. The molecule has 0 radical (unpaired) electrons. The van der Waals surface area contributed by atoms with Crippen molar-refractivity contribution in [3.05, 3.63) is 35.6 Å². The maximum Gasteiger partial charge on any atom is 0.236 e. The predicted molar refractivity (Wildman–Crippen MR) is 56.6 cm³/mol. The molecule has 82 valence electrons. The Morgan fingerprint density at radius 3 is 2.67 bits per heavy atom. The summed E-state index contributed by atoms with van der Waals surface area (Å²) in [7, 11) is 1.62. The molecule has 4 heteroatoms. The molecule has 0 saturated carbocycles. The van der Waals surface area contributed by atoms with Gasteiger partial charge in [0.1, 0.15) is 5.82 Å². The number of hydrogen-bond donors (Lipinski definition) is 1. The second-order valence-corrected chi connectivity index (χ2v) is 3.41. The standard InChI is InChI=1S/C11H15FN2O/c1-8(14(2)11(15)7-13)9-5-3-4-6-10(9)12/h3-6,8H,7,13H2,1-2H3. The van der Waals surface area contributed by atoms with Gasteiger partial charge < -0.3 is 10.6 Å². The molecular formula is C11H15FN2O. The quantitative estimate of drug-likeness (QED) is 0.817. The van der Waals surface area contributed by atoms with Gasteiger partial charge in [-0.05, 0) is 13.0 Å². The summed E-state index contributed by atoms with van der Waals surface area (Å²) in [6.45, 7) is 1.71. The van der Waals surface area contributed by atoms with E-state index in [0.717, 1.165) is 0 Å². The molecule has 0 aliphatic heterocycles.